The fourth-order valence-corrected chi connectivity index (χ4v) is 4.64. The Bertz CT molecular complexity index is 585. The van der Waals surface area contributed by atoms with Crippen LogP contribution in [0.2, 0.25) is 0 Å². The average Bonchev–Trinajstić information content (AvgIpc) is 3.03. The van der Waals surface area contributed by atoms with Crippen molar-refractivity contribution in [3.8, 4) is 17.1 Å². The molecule has 3 rings (SSSR count). The van der Waals surface area contributed by atoms with Gasteiger partial charge in [0, 0.05) is 34.6 Å². The summed E-state index contributed by atoms with van der Waals surface area (Å²) >= 11 is 4.00. The Hall–Kier alpha value is -1.34. The summed E-state index contributed by atoms with van der Waals surface area (Å²) in [6, 6.07) is 8.10. The second kappa shape index (κ2) is 7.09. The lowest BCUT2D eigenvalue weighted by Gasteiger charge is -2.20. The summed E-state index contributed by atoms with van der Waals surface area (Å²) in [5.41, 5.74) is 0.883. The van der Waals surface area contributed by atoms with E-state index in [1.54, 1.807) is 7.11 Å². The highest BCUT2D eigenvalue weighted by Crippen LogP contribution is 2.25. The van der Waals surface area contributed by atoms with Crippen LogP contribution in [0, 0.1) is 0 Å². The van der Waals surface area contributed by atoms with E-state index in [2.05, 4.69) is 15.5 Å². The average molecular weight is 323 g/mol. The molecule has 0 bridgehead atoms. The van der Waals surface area contributed by atoms with E-state index in [1.165, 1.54) is 17.3 Å². The van der Waals surface area contributed by atoms with E-state index in [9.17, 15) is 0 Å². The summed E-state index contributed by atoms with van der Waals surface area (Å²) in [5.74, 6) is 5.00. The normalized spacial score (nSPS) is 18.4. The topological polar surface area (TPSA) is 60.2 Å². The molecule has 1 atom stereocenters. The van der Waals surface area contributed by atoms with Crippen molar-refractivity contribution in [2.45, 2.75) is 5.25 Å². The Kier molecular flexibility index (Phi) is 4.92. The number of thioether (sulfide) groups is 2. The molecule has 1 fully saturated rings. The Labute approximate surface area is 132 Å². The first-order chi connectivity index (χ1) is 10.3. The lowest BCUT2D eigenvalue weighted by molar-refractivity contribution is 0.414. The van der Waals surface area contributed by atoms with Crippen molar-refractivity contribution >= 4 is 29.5 Å². The molecule has 0 unspecified atom stereocenters. The number of ether oxygens (including phenoxy) is 1. The molecule has 5 nitrogen and oxygen atoms in total. The molecule has 0 saturated carbocycles. The quantitative estimate of drug-likeness (QED) is 0.907. The number of rotatable bonds is 5. The molecule has 0 aliphatic carbocycles. The molecular weight excluding hydrogens is 306 g/mol. The van der Waals surface area contributed by atoms with Gasteiger partial charge in [-0.1, -0.05) is 17.3 Å². The summed E-state index contributed by atoms with van der Waals surface area (Å²) in [6.45, 7) is 0.859. The van der Waals surface area contributed by atoms with Crippen LogP contribution in [0.25, 0.3) is 11.4 Å². The van der Waals surface area contributed by atoms with Gasteiger partial charge >= 0.3 is 6.01 Å². The summed E-state index contributed by atoms with van der Waals surface area (Å²) in [7, 11) is 1.64. The van der Waals surface area contributed by atoms with Crippen LogP contribution in [-0.2, 0) is 0 Å². The predicted octanol–water partition coefficient (Wildman–Crippen LogP) is 3.01. The standard InChI is InChI=1S/C14H17N3O2S2/c1-18-11-4-2-3-10(7-11)13-16-14(19-17-13)15-8-12-9-20-5-6-21-12/h2-4,7,12H,5-6,8-9H2,1H3,(H,15,16,17)/t12-/m1/s1. The van der Waals surface area contributed by atoms with Crippen LogP contribution < -0.4 is 10.1 Å². The number of benzene rings is 1. The maximum Gasteiger partial charge on any atom is 0.321 e. The Balaban J connectivity index is 1.62. The number of hydrogen-bond donors (Lipinski definition) is 1. The molecule has 1 aliphatic heterocycles. The minimum absolute atomic E-state index is 0.476. The predicted molar refractivity (Wildman–Crippen MR) is 88.3 cm³/mol. The van der Waals surface area contributed by atoms with Crippen LogP contribution in [0.3, 0.4) is 0 Å². The fraction of sp³-hybridized carbons (Fsp3) is 0.429. The van der Waals surface area contributed by atoms with Crippen LogP contribution in [-0.4, -0.2) is 46.3 Å². The van der Waals surface area contributed by atoms with Crippen LogP contribution in [0.1, 0.15) is 0 Å². The fourth-order valence-electron chi connectivity index (χ4n) is 2.03. The van der Waals surface area contributed by atoms with Gasteiger partial charge in [0.05, 0.1) is 7.11 Å². The van der Waals surface area contributed by atoms with E-state index < -0.39 is 0 Å². The molecule has 1 N–H and O–H groups in total. The molecule has 1 saturated heterocycles. The zero-order valence-corrected chi connectivity index (χ0v) is 13.4. The van der Waals surface area contributed by atoms with E-state index in [0.717, 1.165) is 17.9 Å². The van der Waals surface area contributed by atoms with Crippen molar-refractivity contribution in [1.29, 1.82) is 0 Å². The van der Waals surface area contributed by atoms with E-state index in [0.29, 0.717) is 17.1 Å². The summed E-state index contributed by atoms with van der Waals surface area (Å²) in [4.78, 5) is 4.38. The van der Waals surface area contributed by atoms with Gasteiger partial charge in [-0.25, -0.2) is 0 Å². The molecule has 7 heteroatoms. The zero-order chi connectivity index (χ0) is 14.5. The Morgan fingerprint density at radius 1 is 1.43 bits per heavy atom. The number of hydrogen-bond acceptors (Lipinski definition) is 7. The summed E-state index contributed by atoms with van der Waals surface area (Å²) < 4.78 is 10.5. The number of nitrogens with one attached hydrogen (secondary N) is 1. The van der Waals surface area contributed by atoms with E-state index in [-0.39, 0.29) is 0 Å². The van der Waals surface area contributed by atoms with Crippen LogP contribution >= 0.6 is 23.5 Å². The molecule has 0 spiro atoms. The van der Waals surface area contributed by atoms with Crippen molar-refractivity contribution < 1.29 is 9.26 Å². The number of aromatic nitrogens is 2. The molecule has 2 heterocycles. The van der Waals surface area contributed by atoms with Gasteiger partial charge in [-0.15, -0.1) is 0 Å². The highest BCUT2D eigenvalue weighted by molar-refractivity contribution is 8.06. The lowest BCUT2D eigenvalue weighted by atomic mass is 10.2. The lowest BCUT2D eigenvalue weighted by Crippen LogP contribution is -2.23. The van der Waals surface area contributed by atoms with E-state index >= 15 is 0 Å². The number of methoxy groups -OCH3 is 1. The smallest absolute Gasteiger partial charge is 0.321 e. The van der Waals surface area contributed by atoms with Gasteiger partial charge in [-0.3, -0.25) is 0 Å². The van der Waals surface area contributed by atoms with Gasteiger partial charge in [0.25, 0.3) is 0 Å². The number of anilines is 1. The minimum atomic E-state index is 0.476. The summed E-state index contributed by atoms with van der Waals surface area (Å²) in [5, 5.41) is 7.84. The highest BCUT2D eigenvalue weighted by atomic mass is 32.2. The maximum atomic E-state index is 5.25. The molecule has 21 heavy (non-hydrogen) atoms. The largest absolute Gasteiger partial charge is 0.497 e. The third-order valence-corrected chi connectivity index (χ3v) is 5.96. The van der Waals surface area contributed by atoms with Crippen LogP contribution in [0.15, 0.2) is 28.8 Å². The zero-order valence-electron chi connectivity index (χ0n) is 11.7. The maximum absolute atomic E-state index is 5.25. The highest BCUT2D eigenvalue weighted by Gasteiger charge is 2.15. The van der Waals surface area contributed by atoms with E-state index in [1.807, 2.05) is 47.8 Å². The monoisotopic (exact) mass is 323 g/mol. The first kappa shape index (κ1) is 14.6. The molecular formula is C14H17N3O2S2. The SMILES string of the molecule is COc1cccc(-c2noc(NC[C@@H]3CSCCS3)n2)c1. The van der Waals surface area contributed by atoms with Gasteiger partial charge in [0.2, 0.25) is 5.82 Å². The summed E-state index contributed by atoms with van der Waals surface area (Å²) in [6.07, 6.45) is 0. The number of nitrogens with zero attached hydrogens (tertiary/aromatic N) is 2. The van der Waals surface area contributed by atoms with Gasteiger partial charge in [-0.05, 0) is 12.1 Å². The van der Waals surface area contributed by atoms with E-state index in [4.69, 9.17) is 9.26 Å². The van der Waals surface area contributed by atoms with Gasteiger partial charge in [0.1, 0.15) is 5.75 Å². The van der Waals surface area contributed by atoms with Crippen molar-refractivity contribution in [1.82, 2.24) is 10.1 Å². The van der Waals surface area contributed by atoms with Gasteiger partial charge in [-0.2, -0.15) is 28.5 Å². The first-order valence-corrected chi connectivity index (χ1v) is 8.97. The first-order valence-electron chi connectivity index (χ1n) is 6.76. The van der Waals surface area contributed by atoms with Crippen molar-refractivity contribution in [2.24, 2.45) is 0 Å². The molecule has 112 valence electrons. The molecule has 1 aromatic heterocycles. The van der Waals surface area contributed by atoms with Crippen molar-refractivity contribution in [2.75, 3.05) is 36.2 Å². The van der Waals surface area contributed by atoms with Gasteiger partial charge < -0.3 is 14.6 Å². The second-order valence-corrected chi connectivity index (χ2v) is 7.16. The Morgan fingerprint density at radius 3 is 3.19 bits per heavy atom. The molecule has 2 aromatic rings. The molecule has 0 radical (unpaired) electrons. The van der Waals surface area contributed by atoms with Crippen molar-refractivity contribution in [3.05, 3.63) is 24.3 Å². The molecule has 1 aromatic carbocycles. The Morgan fingerprint density at radius 2 is 2.38 bits per heavy atom. The van der Waals surface area contributed by atoms with Crippen LogP contribution in [0.5, 0.6) is 5.75 Å². The third kappa shape index (κ3) is 3.85. The van der Waals surface area contributed by atoms with Gasteiger partial charge in [0.15, 0.2) is 0 Å². The minimum Gasteiger partial charge on any atom is -0.497 e. The molecule has 0 amide bonds. The van der Waals surface area contributed by atoms with Crippen LogP contribution in [0.4, 0.5) is 6.01 Å². The second-order valence-electron chi connectivity index (χ2n) is 4.60. The molecule has 1 aliphatic rings. The van der Waals surface area contributed by atoms with Crippen molar-refractivity contribution in [3.63, 3.8) is 0 Å². The third-order valence-electron chi connectivity index (χ3n) is 3.12.